The molecule has 0 aliphatic rings. The fourth-order valence-electron chi connectivity index (χ4n) is 8.17. The maximum Gasteiger partial charge on any atom is 0.306 e. The van der Waals surface area contributed by atoms with Crippen molar-refractivity contribution in [2.45, 2.75) is 264 Å². The van der Waals surface area contributed by atoms with Crippen LogP contribution in [0.1, 0.15) is 258 Å². The van der Waals surface area contributed by atoms with Gasteiger partial charge in [-0.1, -0.05) is 262 Å². The quantitative estimate of drug-likeness (QED) is 0.0261. The van der Waals surface area contributed by atoms with Gasteiger partial charge in [-0.3, -0.25) is 14.4 Å². The van der Waals surface area contributed by atoms with Crippen LogP contribution < -0.4 is 0 Å². The number of hydrogen-bond acceptors (Lipinski definition) is 6. The monoisotopic (exact) mass is 1100 g/mol. The van der Waals surface area contributed by atoms with Gasteiger partial charge in [-0.15, -0.1) is 0 Å². The molecule has 0 radical (unpaired) electrons. The van der Waals surface area contributed by atoms with Crippen molar-refractivity contribution in [2.75, 3.05) is 13.2 Å². The Morgan fingerprint density at radius 3 is 0.775 bits per heavy atom. The van der Waals surface area contributed by atoms with Crippen molar-refractivity contribution in [1.82, 2.24) is 0 Å². The number of unbranched alkanes of at least 4 members (excludes halogenated alkanes) is 17. The lowest BCUT2D eigenvalue weighted by Crippen LogP contribution is -2.30. The Balaban J connectivity index is 4.30. The molecule has 0 saturated heterocycles. The van der Waals surface area contributed by atoms with Crippen LogP contribution in [-0.4, -0.2) is 37.2 Å². The second-order valence-electron chi connectivity index (χ2n) is 20.5. The zero-order valence-corrected chi connectivity index (χ0v) is 51.3. The normalized spacial score (nSPS) is 13.3. The molecule has 0 spiro atoms. The summed E-state index contributed by atoms with van der Waals surface area (Å²) < 4.78 is 16.8. The average molecular weight is 1100 g/mol. The van der Waals surface area contributed by atoms with Gasteiger partial charge in [0.05, 0.1) is 0 Å². The van der Waals surface area contributed by atoms with E-state index in [0.29, 0.717) is 19.3 Å². The molecular formula is C74H116O6. The molecule has 0 heterocycles. The van der Waals surface area contributed by atoms with Crippen LogP contribution in [0.3, 0.4) is 0 Å². The minimum atomic E-state index is -0.810. The molecule has 1 unspecified atom stereocenters. The SMILES string of the molecule is CC/C=C\C/C=C\C/C=C\C/C=C\C/C=C\C/C=C\C/C=C\C/C=C\C/C=C\CCCCCCCCCC(=O)OCC(COC(=O)CCCCC/C=C\C/C=C\C/C=C\CC)OC(=O)CCCCCCC/C=C\C/C=C\CCCC. The first-order valence-electron chi connectivity index (χ1n) is 32.1. The van der Waals surface area contributed by atoms with Crippen LogP contribution in [0, 0.1) is 0 Å². The van der Waals surface area contributed by atoms with Crippen molar-refractivity contribution in [3.8, 4) is 0 Å². The number of rotatable bonds is 56. The molecule has 0 rings (SSSR count). The van der Waals surface area contributed by atoms with E-state index >= 15 is 0 Å². The third-order valence-electron chi connectivity index (χ3n) is 12.9. The van der Waals surface area contributed by atoms with Gasteiger partial charge >= 0.3 is 17.9 Å². The summed E-state index contributed by atoms with van der Waals surface area (Å²) in [5.74, 6) is -0.967. The molecule has 0 N–H and O–H groups in total. The van der Waals surface area contributed by atoms with Crippen molar-refractivity contribution in [3.05, 3.63) is 170 Å². The highest BCUT2D eigenvalue weighted by Gasteiger charge is 2.19. The van der Waals surface area contributed by atoms with Gasteiger partial charge in [0.1, 0.15) is 13.2 Å². The van der Waals surface area contributed by atoms with Crippen LogP contribution >= 0.6 is 0 Å². The van der Waals surface area contributed by atoms with Gasteiger partial charge in [-0.2, -0.15) is 0 Å². The van der Waals surface area contributed by atoms with Crippen LogP contribution in [0.4, 0.5) is 0 Å². The highest BCUT2D eigenvalue weighted by atomic mass is 16.6. The van der Waals surface area contributed by atoms with E-state index in [2.05, 4.69) is 191 Å². The highest BCUT2D eigenvalue weighted by Crippen LogP contribution is 2.14. The van der Waals surface area contributed by atoms with E-state index in [1.54, 1.807) is 0 Å². The van der Waals surface area contributed by atoms with E-state index in [1.165, 1.54) is 44.9 Å². The minimum absolute atomic E-state index is 0.106. The van der Waals surface area contributed by atoms with E-state index < -0.39 is 6.10 Å². The lowest BCUT2D eigenvalue weighted by Gasteiger charge is -2.18. The molecule has 0 bridgehead atoms. The van der Waals surface area contributed by atoms with Crippen LogP contribution in [0.15, 0.2) is 170 Å². The molecule has 6 heteroatoms. The summed E-state index contributed by atoms with van der Waals surface area (Å²) in [6.07, 6.45) is 98.0. The average Bonchev–Trinajstić information content (AvgIpc) is 3.46. The fourth-order valence-corrected chi connectivity index (χ4v) is 8.17. The second-order valence-corrected chi connectivity index (χ2v) is 20.5. The zero-order chi connectivity index (χ0) is 57.8. The Morgan fingerprint density at radius 1 is 0.263 bits per heavy atom. The first-order chi connectivity index (χ1) is 39.5. The molecule has 0 aromatic carbocycles. The molecule has 0 fully saturated rings. The maximum absolute atomic E-state index is 12.9. The highest BCUT2D eigenvalue weighted by molar-refractivity contribution is 5.71. The molecule has 0 saturated carbocycles. The standard InChI is InChI=1S/C74H116O6/c1-4-7-10-13-16-19-22-25-27-28-29-30-31-32-33-34-35-36-37-38-39-40-41-42-43-44-45-46-47-50-52-55-58-61-64-67-73(76)79-70-71(69-78-72(75)66-63-60-57-54-51-48-24-21-18-15-12-9-6-3)80-74(77)68-65-62-59-56-53-49-26-23-20-17-14-11-8-5-2/h7,9-10,12,14,16-19,21,23,25-27,29-30,32-33,35-36,38-39,41-42,44-45,48,51,71H,4-6,8,11,13,15,20,22,24,28,31,34,37,40,43,46-47,49-50,52-70H2,1-3H3/b10-7-,12-9-,17-14-,19-16-,21-18-,26-23-,27-25-,30-29-,33-32-,36-35-,39-38-,42-41-,45-44-,51-48-. The first kappa shape index (κ1) is 74.8. The van der Waals surface area contributed by atoms with Gasteiger partial charge in [0.15, 0.2) is 6.10 Å². The minimum Gasteiger partial charge on any atom is -0.462 e. The third kappa shape index (κ3) is 63.6. The van der Waals surface area contributed by atoms with Crippen molar-refractivity contribution in [1.29, 1.82) is 0 Å². The first-order valence-corrected chi connectivity index (χ1v) is 32.1. The van der Waals surface area contributed by atoms with Crippen LogP contribution in [-0.2, 0) is 28.6 Å². The topological polar surface area (TPSA) is 78.9 Å². The largest absolute Gasteiger partial charge is 0.462 e. The van der Waals surface area contributed by atoms with Gasteiger partial charge in [-0.05, 0) is 148 Å². The van der Waals surface area contributed by atoms with Crippen LogP contribution in [0.25, 0.3) is 0 Å². The summed E-state index contributed by atoms with van der Waals surface area (Å²) in [4.78, 5) is 38.2. The number of esters is 3. The summed E-state index contributed by atoms with van der Waals surface area (Å²) >= 11 is 0. The fraction of sp³-hybridized carbons (Fsp3) is 0.581. The Labute approximate surface area is 492 Å². The molecule has 0 aromatic heterocycles. The third-order valence-corrected chi connectivity index (χ3v) is 12.9. The van der Waals surface area contributed by atoms with Gasteiger partial charge < -0.3 is 14.2 Å². The van der Waals surface area contributed by atoms with Crippen LogP contribution in [0.5, 0.6) is 0 Å². The summed E-state index contributed by atoms with van der Waals surface area (Å²) in [5, 5.41) is 0. The van der Waals surface area contributed by atoms with E-state index in [-0.39, 0.29) is 31.1 Å². The Bertz CT molecular complexity index is 1840. The molecular weight excluding hydrogens is 985 g/mol. The van der Waals surface area contributed by atoms with E-state index in [9.17, 15) is 14.4 Å². The van der Waals surface area contributed by atoms with E-state index in [0.717, 1.165) is 173 Å². The summed E-state index contributed by atoms with van der Waals surface area (Å²) in [6.45, 7) is 6.31. The number of hydrogen-bond donors (Lipinski definition) is 0. The molecule has 0 amide bonds. The Morgan fingerprint density at radius 2 is 0.487 bits per heavy atom. The molecule has 6 nitrogen and oxygen atoms in total. The van der Waals surface area contributed by atoms with E-state index in [1.807, 2.05) is 0 Å². The van der Waals surface area contributed by atoms with Crippen LogP contribution in [0.2, 0.25) is 0 Å². The number of ether oxygens (including phenoxy) is 3. The molecule has 0 aromatic rings. The predicted octanol–water partition coefficient (Wildman–Crippen LogP) is 22.3. The van der Waals surface area contributed by atoms with Gasteiger partial charge in [0, 0.05) is 19.3 Å². The maximum atomic E-state index is 12.9. The number of carbonyl (C=O) groups excluding carboxylic acids is 3. The number of carbonyl (C=O) groups is 3. The van der Waals surface area contributed by atoms with E-state index in [4.69, 9.17) is 14.2 Å². The van der Waals surface area contributed by atoms with Crippen molar-refractivity contribution in [2.24, 2.45) is 0 Å². The molecule has 448 valence electrons. The van der Waals surface area contributed by atoms with Gasteiger partial charge in [-0.25, -0.2) is 0 Å². The van der Waals surface area contributed by atoms with Crippen molar-refractivity contribution in [3.63, 3.8) is 0 Å². The summed E-state index contributed by atoms with van der Waals surface area (Å²) in [6, 6.07) is 0. The predicted molar refractivity (Wildman–Crippen MR) is 348 cm³/mol. The van der Waals surface area contributed by atoms with Gasteiger partial charge in [0.25, 0.3) is 0 Å². The number of allylic oxidation sites excluding steroid dienone is 28. The Kier molecular flexibility index (Phi) is 61.9. The molecule has 80 heavy (non-hydrogen) atoms. The summed E-state index contributed by atoms with van der Waals surface area (Å²) in [7, 11) is 0. The molecule has 1 atom stereocenters. The van der Waals surface area contributed by atoms with Crippen molar-refractivity contribution >= 4 is 17.9 Å². The van der Waals surface area contributed by atoms with Crippen molar-refractivity contribution < 1.29 is 28.6 Å². The summed E-state index contributed by atoms with van der Waals surface area (Å²) in [5.41, 5.74) is 0. The zero-order valence-electron chi connectivity index (χ0n) is 51.3. The second kappa shape index (κ2) is 66.3. The smallest absolute Gasteiger partial charge is 0.306 e. The van der Waals surface area contributed by atoms with Gasteiger partial charge in [0.2, 0.25) is 0 Å². The lowest BCUT2D eigenvalue weighted by molar-refractivity contribution is -0.167. The molecule has 0 aliphatic heterocycles. The molecule has 0 aliphatic carbocycles. The Hall–Kier alpha value is -5.23. The lowest BCUT2D eigenvalue weighted by atomic mass is 10.1.